The third-order valence-corrected chi connectivity index (χ3v) is 5.68. The second-order valence-electron chi connectivity index (χ2n) is 8.56. The predicted molar refractivity (Wildman–Crippen MR) is 153 cm³/mol. The molecule has 7 heteroatoms. The van der Waals surface area contributed by atoms with Gasteiger partial charge in [-0.05, 0) is 38.1 Å². The maximum Gasteiger partial charge on any atom is 0.158 e. The van der Waals surface area contributed by atoms with E-state index >= 15 is 0 Å². The molecule has 0 bridgehead atoms. The summed E-state index contributed by atoms with van der Waals surface area (Å²) in [5.41, 5.74) is 13.8. The van der Waals surface area contributed by atoms with Gasteiger partial charge in [-0.3, -0.25) is 5.10 Å². The fourth-order valence-corrected chi connectivity index (χ4v) is 4.05. The minimum absolute atomic E-state index is 0.860. The Hall–Kier alpha value is -4.39. The highest BCUT2D eigenvalue weighted by atomic mass is 15.3. The summed E-state index contributed by atoms with van der Waals surface area (Å²) in [6.45, 7) is 15.1. The van der Waals surface area contributed by atoms with Crippen LogP contribution in [0.5, 0.6) is 0 Å². The minimum atomic E-state index is 0.860. The summed E-state index contributed by atoms with van der Waals surface area (Å²) in [6.07, 6.45) is 4.95. The van der Waals surface area contributed by atoms with Gasteiger partial charge >= 0.3 is 0 Å². The number of aryl methyl sites for hydroxylation is 3. The molecule has 0 radical (unpaired) electrons. The lowest BCUT2D eigenvalue weighted by Crippen LogP contribution is -2.17. The van der Waals surface area contributed by atoms with E-state index in [-0.39, 0.29) is 0 Å². The Morgan fingerprint density at radius 3 is 2.24 bits per heavy atom. The van der Waals surface area contributed by atoms with Crippen LogP contribution in [0.3, 0.4) is 0 Å². The molecule has 0 amide bonds. The number of nitrogens with two attached hydrogens (primary N) is 1. The summed E-state index contributed by atoms with van der Waals surface area (Å²) in [5, 5.41) is 11.5. The molecule has 1 aliphatic heterocycles. The van der Waals surface area contributed by atoms with Crippen molar-refractivity contribution in [3.63, 3.8) is 0 Å². The van der Waals surface area contributed by atoms with Gasteiger partial charge in [-0.2, -0.15) is 10.2 Å². The van der Waals surface area contributed by atoms with Crippen LogP contribution in [0.1, 0.15) is 41.8 Å². The minimum Gasteiger partial charge on any atom is -0.405 e. The fraction of sp³-hybridized carbons (Fsp3) is 0.233. The van der Waals surface area contributed by atoms with E-state index in [0.717, 1.165) is 41.5 Å². The second kappa shape index (κ2) is 13.1. The third-order valence-electron chi connectivity index (χ3n) is 5.68. The number of hydrogen-bond acceptors (Lipinski definition) is 5. The molecule has 0 atom stereocenters. The van der Waals surface area contributed by atoms with Crippen molar-refractivity contribution in [3.05, 3.63) is 114 Å². The van der Waals surface area contributed by atoms with Crippen LogP contribution in [0.4, 0.5) is 5.82 Å². The molecule has 0 unspecified atom stereocenters. The van der Waals surface area contributed by atoms with E-state index in [0.29, 0.717) is 0 Å². The number of aromatic nitrogens is 5. The number of nitrogens with one attached hydrogen (secondary N) is 1. The number of H-pyrrole nitrogens is 1. The van der Waals surface area contributed by atoms with Crippen molar-refractivity contribution >= 4 is 11.5 Å². The first-order valence-corrected chi connectivity index (χ1v) is 12.5. The van der Waals surface area contributed by atoms with Crippen molar-refractivity contribution in [1.82, 2.24) is 24.8 Å². The van der Waals surface area contributed by atoms with Crippen LogP contribution in [0, 0.1) is 20.8 Å². The molecule has 2 aromatic carbocycles. The summed E-state index contributed by atoms with van der Waals surface area (Å²) in [6, 6.07) is 21.0. The predicted octanol–water partition coefficient (Wildman–Crippen LogP) is 6.37. The zero-order valence-electron chi connectivity index (χ0n) is 22.4. The van der Waals surface area contributed by atoms with Gasteiger partial charge in [0.25, 0.3) is 0 Å². The molecule has 0 aliphatic carbocycles. The average molecular weight is 496 g/mol. The molecule has 37 heavy (non-hydrogen) atoms. The maximum atomic E-state index is 4.85. The summed E-state index contributed by atoms with van der Waals surface area (Å²) in [5.74, 6) is 0.970. The van der Waals surface area contributed by atoms with Crippen LogP contribution in [0.25, 0.3) is 16.9 Å². The van der Waals surface area contributed by atoms with Crippen LogP contribution < -0.4 is 10.6 Å². The lowest BCUT2D eigenvalue weighted by molar-refractivity contribution is 0.845. The van der Waals surface area contributed by atoms with E-state index in [9.17, 15) is 0 Å². The van der Waals surface area contributed by atoms with Gasteiger partial charge in [-0.25, -0.2) is 9.50 Å². The SMILES string of the molecule is C=CN.CC.Cc1ccc2c(c1)CN(c1cc(-c3cn[nH]c3)n3nc(C)cc3n1)C2.Cc1ccccc1. The highest BCUT2D eigenvalue weighted by Crippen LogP contribution is 2.31. The Labute approximate surface area is 219 Å². The van der Waals surface area contributed by atoms with E-state index in [1.54, 1.807) is 0 Å². The number of fused-ring (bicyclic) bond motifs is 2. The Balaban J connectivity index is 0.000000267. The zero-order valence-corrected chi connectivity index (χ0v) is 22.4. The number of nitrogens with zero attached hydrogens (tertiary/aromatic N) is 5. The summed E-state index contributed by atoms with van der Waals surface area (Å²) >= 11 is 0. The van der Waals surface area contributed by atoms with Crippen molar-refractivity contribution in [2.45, 2.75) is 47.7 Å². The second-order valence-corrected chi connectivity index (χ2v) is 8.56. The van der Waals surface area contributed by atoms with E-state index in [4.69, 9.17) is 4.98 Å². The lowest BCUT2D eigenvalue weighted by atomic mass is 10.1. The van der Waals surface area contributed by atoms with Crippen molar-refractivity contribution in [2.24, 2.45) is 5.73 Å². The van der Waals surface area contributed by atoms with Gasteiger partial charge in [-0.1, -0.05) is 80.1 Å². The van der Waals surface area contributed by atoms with Crippen LogP contribution in [0.2, 0.25) is 0 Å². The number of hydrogen-bond donors (Lipinski definition) is 2. The highest BCUT2D eigenvalue weighted by molar-refractivity contribution is 5.67. The van der Waals surface area contributed by atoms with Crippen LogP contribution in [-0.4, -0.2) is 24.8 Å². The van der Waals surface area contributed by atoms with Gasteiger partial charge in [0.1, 0.15) is 5.82 Å². The molecule has 192 valence electrons. The van der Waals surface area contributed by atoms with Crippen LogP contribution >= 0.6 is 0 Å². The summed E-state index contributed by atoms with van der Waals surface area (Å²) in [4.78, 5) is 7.17. The van der Waals surface area contributed by atoms with Gasteiger partial charge in [0, 0.05) is 37.0 Å². The van der Waals surface area contributed by atoms with E-state index in [1.165, 1.54) is 28.5 Å². The molecule has 0 saturated heterocycles. The lowest BCUT2D eigenvalue weighted by Gasteiger charge is -2.18. The van der Waals surface area contributed by atoms with Crippen LogP contribution in [-0.2, 0) is 13.1 Å². The van der Waals surface area contributed by atoms with Crippen molar-refractivity contribution in [2.75, 3.05) is 4.90 Å². The normalized spacial score (nSPS) is 11.3. The number of benzene rings is 2. The molecule has 3 aromatic heterocycles. The molecule has 0 spiro atoms. The summed E-state index contributed by atoms with van der Waals surface area (Å²) in [7, 11) is 0. The molecular formula is C30H37N7. The molecule has 7 nitrogen and oxygen atoms in total. The molecule has 0 saturated carbocycles. The molecule has 3 N–H and O–H groups in total. The smallest absolute Gasteiger partial charge is 0.158 e. The van der Waals surface area contributed by atoms with Gasteiger partial charge in [0.15, 0.2) is 5.65 Å². The first-order chi connectivity index (χ1) is 18.0. The van der Waals surface area contributed by atoms with E-state index < -0.39 is 0 Å². The number of rotatable bonds is 2. The first-order valence-electron chi connectivity index (χ1n) is 12.5. The van der Waals surface area contributed by atoms with E-state index in [2.05, 4.69) is 82.8 Å². The van der Waals surface area contributed by atoms with Gasteiger partial charge in [-0.15, -0.1) is 0 Å². The average Bonchev–Trinajstić information content (AvgIpc) is 3.65. The quantitative estimate of drug-likeness (QED) is 0.297. The number of aromatic amines is 1. The van der Waals surface area contributed by atoms with Gasteiger partial charge in [0.2, 0.25) is 0 Å². The van der Waals surface area contributed by atoms with E-state index in [1.807, 2.05) is 61.9 Å². The third kappa shape index (κ3) is 6.85. The standard InChI is InChI=1S/C19H18N6.C7H8.C2H5N.C2H6/c1-12-3-4-14-10-24(11-15(14)5-12)18-7-17(16-8-20-21-9-16)25-19(22-18)6-13(2)23-25;1-7-5-3-2-4-6-7;1-2-3;1-2/h3-9H,10-11H2,1-2H3,(H,20,21);2-6H,1H3;2H,1,3H2;1-2H3. The van der Waals surface area contributed by atoms with Gasteiger partial charge < -0.3 is 10.6 Å². The zero-order chi connectivity index (χ0) is 26.8. The monoisotopic (exact) mass is 495 g/mol. The van der Waals surface area contributed by atoms with Crippen LogP contribution in [0.15, 0.2) is 85.8 Å². The number of anilines is 1. The topological polar surface area (TPSA) is 88.1 Å². The van der Waals surface area contributed by atoms with Crippen molar-refractivity contribution < 1.29 is 0 Å². The Bertz CT molecular complexity index is 1400. The molecule has 1 aliphatic rings. The molecular weight excluding hydrogens is 458 g/mol. The molecule has 4 heterocycles. The van der Waals surface area contributed by atoms with Crippen molar-refractivity contribution in [3.8, 4) is 11.3 Å². The Kier molecular flexibility index (Phi) is 9.61. The Morgan fingerprint density at radius 1 is 0.919 bits per heavy atom. The molecule has 5 aromatic rings. The maximum absolute atomic E-state index is 4.85. The first kappa shape index (κ1) is 27.2. The largest absolute Gasteiger partial charge is 0.405 e. The van der Waals surface area contributed by atoms with Crippen molar-refractivity contribution in [1.29, 1.82) is 0 Å². The molecule has 6 rings (SSSR count). The highest BCUT2D eigenvalue weighted by Gasteiger charge is 2.22. The summed E-state index contributed by atoms with van der Waals surface area (Å²) < 4.78 is 1.89. The fourth-order valence-electron chi connectivity index (χ4n) is 4.05. The Morgan fingerprint density at radius 2 is 1.62 bits per heavy atom. The van der Waals surface area contributed by atoms with Gasteiger partial charge in [0.05, 0.1) is 17.6 Å². The molecule has 0 fully saturated rings.